The summed E-state index contributed by atoms with van der Waals surface area (Å²) in [6.07, 6.45) is -1.90. The van der Waals surface area contributed by atoms with E-state index < -0.39 is 27.7 Å². The molecule has 158 valence electrons. The van der Waals surface area contributed by atoms with Crippen LogP contribution in [-0.2, 0) is 16.2 Å². The molecule has 1 aromatic heterocycles. The molecule has 0 atom stereocenters. The lowest BCUT2D eigenvalue weighted by atomic mass is 10.1. The van der Waals surface area contributed by atoms with Gasteiger partial charge in [-0.1, -0.05) is 0 Å². The van der Waals surface area contributed by atoms with E-state index in [1.165, 1.54) is 19.1 Å². The van der Waals surface area contributed by atoms with Crippen LogP contribution in [0.4, 0.5) is 24.5 Å². The van der Waals surface area contributed by atoms with Crippen molar-refractivity contribution in [2.45, 2.75) is 36.6 Å². The number of thiophene rings is 1. The van der Waals surface area contributed by atoms with Crippen LogP contribution in [0.5, 0.6) is 0 Å². The Balaban J connectivity index is 2.03. The van der Waals surface area contributed by atoms with E-state index in [2.05, 4.69) is 4.72 Å². The van der Waals surface area contributed by atoms with Gasteiger partial charge >= 0.3 is 12.1 Å². The van der Waals surface area contributed by atoms with Gasteiger partial charge in [0.1, 0.15) is 9.09 Å². The van der Waals surface area contributed by atoms with Crippen molar-refractivity contribution >= 4 is 38.7 Å². The number of halogens is 3. The summed E-state index contributed by atoms with van der Waals surface area (Å²) in [4.78, 5) is 12.9. The Morgan fingerprint density at radius 2 is 1.83 bits per heavy atom. The normalized spacial score (nSPS) is 15.4. The standard InChI is InChI=1S/C18H19F3N2O4S2/c1-11-9-15(28-16(11)17(24)25)29(26,27)22-13-10-12(18(19,20)21)5-6-14(13)23-7-3-2-4-8-23/h5-6,9-10,22H,2-4,7-8H2,1H3,(H,24,25). The zero-order chi connectivity index (χ0) is 21.4. The van der Waals surface area contributed by atoms with Crippen LogP contribution < -0.4 is 9.62 Å². The molecule has 0 unspecified atom stereocenters. The van der Waals surface area contributed by atoms with Gasteiger partial charge in [0.15, 0.2) is 0 Å². The molecule has 2 heterocycles. The van der Waals surface area contributed by atoms with Gasteiger partial charge in [0.25, 0.3) is 10.0 Å². The van der Waals surface area contributed by atoms with Crippen LogP contribution in [0.3, 0.4) is 0 Å². The highest BCUT2D eigenvalue weighted by atomic mass is 32.2. The fourth-order valence-corrected chi connectivity index (χ4v) is 5.64. The Labute approximate surface area is 170 Å². The summed E-state index contributed by atoms with van der Waals surface area (Å²) < 4.78 is 67.1. The lowest BCUT2D eigenvalue weighted by Crippen LogP contribution is -2.30. The number of carboxylic acid groups (broad SMARTS) is 1. The lowest BCUT2D eigenvalue weighted by Gasteiger charge is -2.31. The van der Waals surface area contributed by atoms with Gasteiger partial charge in [0.2, 0.25) is 0 Å². The number of carboxylic acids is 1. The van der Waals surface area contributed by atoms with Crippen molar-refractivity contribution in [3.05, 3.63) is 40.3 Å². The highest BCUT2D eigenvalue weighted by Crippen LogP contribution is 2.38. The molecule has 29 heavy (non-hydrogen) atoms. The minimum atomic E-state index is -4.63. The number of rotatable bonds is 5. The summed E-state index contributed by atoms with van der Waals surface area (Å²) in [7, 11) is -4.26. The topological polar surface area (TPSA) is 86.7 Å². The Hall–Kier alpha value is -2.27. The van der Waals surface area contributed by atoms with Gasteiger partial charge < -0.3 is 10.0 Å². The highest BCUT2D eigenvalue weighted by Gasteiger charge is 2.32. The van der Waals surface area contributed by atoms with Gasteiger partial charge in [-0.3, -0.25) is 4.72 Å². The molecular formula is C18H19F3N2O4S2. The van der Waals surface area contributed by atoms with Crippen molar-refractivity contribution in [3.8, 4) is 0 Å². The zero-order valence-electron chi connectivity index (χ0n) is 15.4. The molecule has 0 bridgehead atoms. The van der Waals surface area contributed by atoms with Gasteiger partial charge in [-0.15, -0.1) is 11.3 Å². The predicted octanol–water partition coefficient (Wildman–Crippen LogP) is 4.56. The molecule has 0 aliphatic carbocycles. The molecule has 1 aliphatic rings. The minimum Gasteiger partial charge on any atom is -0.477 e. The molecule has 0 spiro atoms. The summed E-state index contributed by atoms with van der Waals surface area (Å²) in [5.41, 5.74) is -0.509. The number of piperidine rings is 1. The van der Waals surface area contributed by atoms with E-state index in [0.29, 0.717) is 30.1 Å². The number of nitrogens with zero attached hydrogens (tertiary/aromatic N) is 1. The summed E-state index contributed by atoms with van der Waals surface area (Å²) in [5, 5.41) is 9.14. The molecule has 0 saturated carbocycles. The maximum Gasteiger partial charge on any atom is 0.416 e. The van der Waals surface area contributed by atoms with Crippen molar-refractivity contribution in [1.29, 1.82) is 0 Å². The molecule has 6 nitrogen and oxygen atoms in total. The van der Waals surface area contributed by atoms with Crippen molar-refractivity contribution in [2.24, 2.45) is 0 Å². The first-order chi connectivity index (χ1) is 13.5. The van der Waals surface area contributed by atoms with E-state index >= 15 is 0 Å². The van der Waals surface area contributed by atoms with Gasteiger partial charge in [0.05, 0.1) is 16.9 Å². The van der Waals surface area contributed by atoms with Gasteiger partial charge in [0, 0.05) is 13.1 Å². The maximum atomic E-state index is 13.2. The molecule has 1 aliphatic heterocycles. The van der Waals surface area contributed by atoms with E-state index in [1.54, 1.807) is 0 Å². The molecule has 1 fully saturated rings. The number of sulfonamides is 1. The second-order valence-corrected chi connectivity index (χ2v) is 9.73. The number of aryl methyl sites for hydroxylation is 1. The number of hydrogen-bond acceptors (Lipinski definition) is 5. The number of hydrogen-bond donors (Lipinski definition) is 2. The molecular weight excluding hydrogens is 429 g/mol. The minimum absolute atomic E-state index is 0.134. The third kappa shape index (κ3) is 4.67. The Bertz CT molecular complexity index is 1030. The van der Waals surface area contributed by atoms with Crippen molar-refractivity contribution in [1.82, 2.24) is 0 Å². The molecule has 1 aromatic carbocycles. The SMILES string of the molecule is Cc1cc(S(=O)(=O)Nc2cc(C(F)(F)F)ccc2N2CCCCC2)sc1C(=O)O. The maximum absolute atomic E-state index is 13.2. The number of alkyl halides is 3. The van der Waals surface area contributed by atoms with Crippen molar-refractivity contribution in [3.63, 3.8) is 0 Å². The molecule has 2 aromatic rings. The second-order valence-electron chi connectivity index (χ2n) is 6.77. The average molecular weight is 448 g/mol. The molecule has 2 N–H and O–H groups in total. The Morgan fingerprint density at radius 1 is 1.17 bits per heavy atom. The molecule has 3 rings (SSSR count). The van der Waals surface area contributed by atoms with Crippen LogP contribution in [0.15, 0.2) is 28.5 Å². The van der Waals surface area contributed by atoms with Crippen LogP contribution in [-0.4, -0.2) is 32.6 Å². The van der Waals surface area contributed by atoms with E-state index in [9.17, 15) is 26.4 Å². The fraction of sp³-hybridized carbons (Fsp3) is 0.389. The van der Waals surface area contributed by atoms with Gasteiger partial charge in [-0.2, -0.15) is 13.2 Å². The van der Waals surface area contributed by atoms with Gasteiger partial charge in [-0.05, 0) is 56.0 Å². The third-order valence-electron chi connectivity index (χ3n) is 4.62. The summed E-state index contributed by atoms with van der Waals surface area (Å²) in [5.74, 6) is -1.26. The highest BCUT2D eigenvalue weighted by molar-refractivity contribution is 7.94. The van der Waals surface area contributed by atoms with Crippen molar-refractivity contribution in [2.75, 3.05) is 22.7 Å². The zero-order valence-corrected chi connectivity index (χ0v) is 17.0. The van der Waals surface area contributed by atoms with Crippen LogP contribution >= 0.6 is 11.3 Å². The van der Waals surface area contributed by atoms with Crippen molar-refractivity contribution < 1.29 is 31.5 Å². The number of aromatic carboxylic acids is 1. The first-order valence-electron chi connectivity index (χ1n) is 8.82. The largest absolute Gasteiger partial charge is 0.477 e. The van der Waals surface area contributed by atoms with E-state index in [0.717, 1.165) is 31.4 Å². The molecule has 0 amide bonds. The monoisotopic (exact) mass is 448 g/mol. The summed E-state index contributed by atoms with van der Waals surface area (Å²) in [6, 6.07) is 4.18. The molecule has 1 saturated heterocycles. The van der Waals surface area contributed by atoms with Crippen LogP contribution in [0, 0.1) is 6.92 Å². The predicted molar refractivity (Wildman–Crippen MR) is 104 cm³/mol. The second kappa shape index (κ2) is 7.86. The van der Waals surface area contributed by atoms with Crippen LogP contribution in [0.25, 0.3) is 0 Å². The van der Waals surface area contributed by atoms with Gasteiger partial charge in [-0.25, -0.2) is 13.2 Å². The Kier molecular flexibility index (Phi) is 5.81. The Morgan fingerprint density at radius 3 is 2.38 bits per heavy atom. The first kappa shape index (κ1) is 21.4. The average Bonchev–Trinajstić information content (AvgIpc) is 3.04. The summed E-state index contributed by atoms with van der Waals surface area (Å²) in [6.45, 7) is 2.69. The van der Waals surface area contributed by atoms with Crippen LogP contribution in [0.1, 0.15) is 40.1 Å². The lowest BCUT2D eigenvalue weighted by molar-refractivity contribution is -0.137. The number of anilines is 2. The fourth-order valence-electron chi connectivity index (χ4n) is 3.20. The number of nitrogens with one attached hydrogen (secondary N) is 1. The van der Waals surface area contributed by atoms with E-state index in [1.807, 2.05) is 4.90 Å². The van der Waals surface area contributed by atoms with E-state index in [4.69, 9.17) is 5.11 Å². The number of benzene rings is 1. The smallest absolute Gasteiger partial charge is 0.416 e. The molecule has 11 heteroatoms. The first-order valence-corrected chi connectivity index (χ1v) is 11.1. The summed E-state index contributed by atoms with van der Waals surface area (Å²) >= 11 is 0.559. The molecule has 0 radical (unpaired) electrons. The third-order valence-corrected chi connectivity index (χ3v) is 7.68. The van der Waals surface area contributed by atoms with E-state index in [-0.39, 0.29) is 20.3 Å². The van der Waals surface area contributed by atoms with Crippen LogP contribution in [0.2, 0.25) is 0 Å². The quantitative estimate of drug-likeness (QED) is 0.700. The number of carbonyl (C=O) groups is 1.